The standard InChI is InChI=1S/C16H14F3N/c17-12-3-6-15(18)14(8-12)10-1-2-11(16(19)7-10)9-20-13-4-5-13/h1-3,6-8,13,20H,4-5,9H2. The lowest BCUT2D eigenvalue weighted by molar-refractivity contribution is 0.586. The predicted molar refractivity (Wildman–Crippen MR) is 71.6 cm³/mol. The molecule has 3 rings (SSSR count). The van der Waals surface area contributed by atoms with Crippen molar-refractivity contribution in [2.45, 2.75) is 25.4 Å². The van der Waals surface area contributed by atoms with E-state index in [0.29, 0.717) is 23.7 Å². The highest BCUT2D eigenvalue weighted by Crippen LogP contribution is 2.26. The third-order valence-electron chi connectivity index (χ3n) is 3.45. The van der Waals surface area contributed by atoms with Crippen LogP contribution >= 0.6 is 0 Å². The van der Waals surface area contributed by atoms with Gasteiger partial charge in [-0.25, -0.2) is 13.2 Å². The Morgan fingerprint density at radius 3 is 2.45 bits per heavy atom. The second-order valence-electron chi connectivity index (χ2n) is 5.09. The maximum Gasteiger partial charge on any atom is 0.131 e. The first-order valence-corrected chi connectivity index (χ1v) is 6.61. The van der Waals surface area contributed by atoms with Crippen LogP contribution in [0.25, 0.3) is 11.1 Å². The van der Waals surface area contributed by atoms with Gasteiger partial charge in [0.15, 0.2) is 0 Å². The normalized spacial score (nSPS) is 14.6. The Morgan fingerprint density at radius 1 is 0.950 bits per heavy atom. The van der Waals surface area contributed by atoms with Crippen LogP contribution in [0, 0.1) is 17.5 Å². The number of hydrogen-bond acceptors (Lipinski definition) is 1. The van der Waals surface area contributed by atoms with E-state index in [4.69, 9.17) is 0 Å². The molecular formula is C16H14F3N. The van der Waals surface area contributed by atoms with Gasteiger partial charge in [-0.2, -0.15) is 0 Å². The van der Waals surface area contributed by atoms with E-state index >= 15 is 0 Å². The molecule has 0 aromatic heterocycles. The van der Waals surface area contributed by atoms with E-state index in [0.717, 1.165) is 31.0 Å². The molecule has 1 fully saturated rings. The predicted octanol–water partition coefficient (Wildman–Crippen LogP) is 4.02. The largest absolute Gasteiger partial charge is 0.310 e. The molecule has 2 aromatic rings. The number of benzene rings is 2. The molecule has 1 aliphatic carbocycles. The third kappa shape index (κ3) is 2.85. The molecule has 4 heteroatoms. The Balaban J connectivity index is 1.86. The molecule has 1 nitrogen and oxygen atoms in total. The number of halogens is 3. The van der Waals surface area contributed by atoms with Crippen molar-refractivity contribution in [1.29, 1.82) is 0 Å². The summed E-state index contributed by atoms with van der Waals surface area (Å²) in [6, 6.07) is 8.15. The zero-order valence-electron chi connectivity index (χ0n) is 10.8. The molecule has 1 aliphatic rings. The first kappa shape index (κ1) is 13.2. The van der Waals surface area contributed by atoms with Crippen molar-refractivity contribution in [3.8, 4) is 11.1 Å². The smallest absolute Gasteiger partial charge is 0.131 e. The van der Waals surface area contributed by atoms with Crippen molar-refractivity contribution in [2.24, 2.45) is 0 Å². The summed E-state index contributed by atoms with van der Waals surface area (Å²) in [7, 11) is 0. The lowest BCUT2D eigenvalue weighted by Gasteiger charge is -2.08. The van der Waals surface area contributed by atoms with Crippen molar-refractivity contribution in [2.75, 3.05) is 0 Å². The van der Waals surface area contributed by atoms with Gasteiger partial charge in [-0.1, -0.05) is 12.1 Å². The highest BCUT2D eigenvalue weighted by molar-refractivity contribution is 5.64. The van der Waals surface area contributed by atoms with Crippen LogP contribution in [0.1, 0.15) is 18.4 Å². The van der Waals surface area contributed by atoms with Crippen molar-refractivity contribution in [3.05, 3.63) is 59.4 Å². The number of rotatable bonds is 4. The summed E-state index contributed by atoms with van der Waals surface area (Å²) in [5, 5.41) is 3.22. The minimum Gasteiger partial charge on any atom is -0.310 e. The average molecular weight is 277 g/mol. The maximum absolute atomic E-state index is 14.0. The monoisotopic (exact) mass is 277 g/mol. The summed E-state index contributed by atoms with van der Waals surface area (Å²) in [6.07, 6.45) is 2.27. The molecule has 0 amide bonds. The lowest BCUT2D eigenvalue weighted by Crippen LogP contribution is -2.16. The molecule has 2 aromatic carbocycles. The number of hydrogen-bond donors (Lipinski definition) is 1. The van der Waals surface area contributed by atoms with Crippen LogP contribution in [0.15, 0.2) is 36.4 Å². The summed E-state index contributed by atoms with van der Waals surface area (Å²) in [5.74, 6) is -1.50. The van der Waals surface area contributed by atoms with E-state index < -0.39 is 17.5 Å². The van der Waals surface area contributed by atoms with E-state index in [1.807, 2.05) is 0 Å². The van der Waals surface area contributed by atoms with Gasteiger partial charge in [0.05, 0.1) is 0 Å². The zero-order valence-corrected chi connectivity index (χ0v) is 10.8. The second kappa shape index (κ2) is 5.29. The molecule has 104 valence electrons. The summed E-state index contributed by atoms with van der Waals surface area (Å²) in [5.41, 5.74) is 0.956. The maximum atomic E-state index is 14.0. The van der Waals surface area contributed by atoms with Crippen LogP contribution in [0.5, 0.6) is 0 Å². The zero-order chi connectivity index (χ0) is 14.1. The first-order valence-electron chi connectivity index (χ1n) is 6.61. The molecule has 20 heavy (non-hydrogen) atoms. The molecule has 0 atom stereocenters. The highest BCUT2D eigenvalue weighted by Gasteiger charge is 2.20. The van der Waals surface area contributed by atoms with Crippen LogP contribution in [0.4, 0.5) is 13.2 Å². The molecule has 0 aliphatic heterocycles. The number of nitrogens with one attached hydrogen (secondary N) is 1. The van der Waals surface area contributed by atoms with E-state index in [1.165, 1.54) is 6.07 Å². The van der Waals surface area contributed by atoms with Crippen LogP contribution < -0.4 is 5.32 Å². The van der Waals surface area contributed by atoms with E-state index in [2.05, 4.69) is 5.32 Å². The lowest BCUT2D eigenvalue weighted by atomic mass is 10.0. The average Bonchev–Trinajstić information content (AvgIpc) is 3.24. The van der Waals surface area contributed by atoms with Crippen molar-refractivity contribution < 1.29 is 13.2 Å². The van der Waals surface area contributed by atoms with Gasteiger partial charge in [-0.3, -0.25) is 0 Å². The Morgan fingerprint density at radius 2 is 1.75 bits per heavy atom. The van der Waals surface area contributed by atoms with Crippen molar-refractivity contribution in [1.82, 2.24) is 5.32 Å². The van der Waals surface area contributed by atoms with E-state index in [9.17, 15) is 13.2 Å². The van der Waals surface area contributed by atoms with Crippen LogP contribution in [0.2, 0.25) is 0 Å². The highest BCUT2D eigenvalue weighted by atomic mass is 19.1. The van der Waals surface area contributed by atoms with Gasteiger partial charge in [0.2, 0.25) is 0 Å². The first-order chi connectivity index (χ1) is 9.63. The molecule has 0 unspecified atom stereocenters. The summed E-state index contributed by atoms with van der Waals surface area (Å²) >= 11 is 0. The van der Waals surface area contributed by atoms with Crippen LogP contribution in [0.3, 0.4) is 0 Å². The SMILES string of the molecule is Fc1ccc(F)c(-c2ccc(CNC3CC3)c(F)c2)c1. The van der Waals surface area contributed by atoms with E-state index in [1.54, 1.807) is 12.1 Å². The van der Waals surface area contributed by atoms with Crippen LogP contribution in [-0.4, -0.2) is 6.04 Å². The van der Waals surface area contributed by atoms with Crippen LogP contribution in [-0.2, 0) is 6.54 Å². The summed E-state index contributed by atoms with van der Waals surface area (Å²) in [4.78, 5) is 0. The van der Waals surface area contributed by atoms with Gasteiger partial charge in [0.25, 0.3) is 0 Å². The molecular weight excluding hydrogens is 263 g/mol. The summed E-state index contributed by atoms with van der Waals surface area (Å²) in [6.45, 7) is 0.461. The Kier molecular flexibility index (Phi) is 3.49. The molecule has 0 radical (unpaired) electrons. The molecule has 0 spiro atoms. The van der Waals surface area contributed by atoms with Gasteiger partial charge in [0.1, 0.15) is 17.5 Å². The fourth-order valence-electron chi connectivity index (χ4n) is 2.12. The molecule has 0 bridgehead atoms. The molecule has 0 saturated heterocycles. The quantitative estimate of drug-likeness (QED) is 0.890. The van der Waals surface area contributed by atoms with Crippen molar-refractivity contribution >= 4 is 0 Å². The fourth-order valence-corrected chi connectivity index (χ4v) is 2.12. The third-order valence-corrected chi connectivity index (χ3v) is 3.45. The Labute approximate surface area is 115 Å². The second-order valence-corrected chi connectivity index (χ2v) is 5.09. The van der Waals surface area contributed by atoms with Gasteiger partial charge < -0.3 is 5.32 Å². The van der Waals surface area contributed by atoms with Gasteiger partial charge >= 0.3 is 0 Å². The van der Waals surface area contributed by atoms with E-state index in [-0.39, 0.29) is 5.56 Å². The Bertz CT molecular complexity index is 636. The molecule has 1 saturated carbocycles. The summed E-state index contributed by atoms with van der Waals surface area (Å²) < 4.78 is 40.8. The molecule has 0 heterocycles. The fraction of sp³-hybridized carbons (Fsp3) is 0.250. The van der Waals surface area contributed by atoms with Crippen molar-refractivity contribution in [3.63, 3.8) is 0 Å². The van der Waals surface area contributed by atoms with Gasteiger partial charge in [-0.05, 0) is 42.7 Å². The minimum absolute atomic E-state index is 0.0746. The topological polar surface area (TPSA) is 12.0 Å². The molecule has 1 N–H and O–H groups in total. The minimum atomic E-state index is -0.561. The van der Waals surface area contributed by atoms with Gasteiger partial charge in [-0.15, -0.1) is 0 Å². The van der Waals surface area contributed by atoms with Gasteiger partial charge in [0, 0.05) is 23.7 Å². The Hall–Kier alpha value is -1.81.